The number of benzene rings is 1. The number of aryl methyl sites for hydroxylation is 2. The van der Waals surface area contributed by atoms with E-state index in [9.17, 15) is 9.59 Å². The van der Waals surface area contributed by atoms with Gasteiger partial charge < -0.3 is 9.47 Å². The smallest absolute Gasteiger partial charge is 0.435 e. The van der Waals surface area contributed by atoms with Gasteiger partial charge in [0.2, 0.25) is 5.91 Å². The van der Waals surface area contributed by atoms with E-state index in [1.165, 1.54) is 0 Å². The van der Waals surface area contributed by atoms with Crippen LogP contribution in [0.2, 0.25) is 0 Å². The highest BCUT2D eigenvalue weighted by Gasteiger charge is 2.32. The second-order valence-corrected chi connectivity index (χ2v) is 6.17. The predicted molar refractivity (Wildman–Crippen MR) is 85.7 cm³/mol. The first kappa shape index (κ1) is 16.7. The molecule has 0 radical (unpaired) electrons. The second-order valence-electron chi connectivity index (χ2n) is 5.17. The number of amides is 1. The Labute approximate surface area is 135 Å². The van der Waals surface area contributed by atoms with Crippen molar-refractivity contribution in [3.63, 3.8) is 0 Å². The topological polar surface area (TPSA) is 55.8 Å². The van der Waals surface area contributed by atoms with E-state index in [1.54, 1.807) is 23.6 Å². The molecule has 1 heterocycles. The summed E-state index contributed by atoms with van der Waals surface area (Å²) in [5, 5.41) is 0. The van der Waals surface area contributed by atoms with Crippen LogP contribution in [0.25, 0.3) is 0 Å². The molecule has 1 unspecified atom stereocenters. The van der Waals surface area contributed by atoms with E-state index in [-0.39, 0.29) is 12.5 Å². The lowest BCUT2D eigenvalue weighted by molar-refractivity contribution is -0.137. The fourth-order valence-electron chi connectivity index (χ4n) is 2.40. The third-order valence-electron chi connectivity index (χ3n) is 3.63. The maximum Gasteiger partial charge on any atom is 0.510 e. The Bertz CT molecular complexity index is 541. The van der Waals surface area contributed by atoms with Crippen LogP contribution in [0.15, 0.2) is 18.2 Å². The molecule has 2 rings (SSSR count). The highest BCUT2D eigenvalue weighted by atomic mass is 32.2. The fourth-order valence-corrected chi connectivity index (χ4v) is 3.46. The molecule has 22 heavy (non-hydrogen) atoms. The Hall–Kier alpha value is -1.69. The van der Waals surface area contributed by atoms with Gasteiger partial charge >= 0.3 is 6.16 Å². The first-order chi connectivity index (χ1) is 10.5. The standard InChI is InChI=1S/C16H21NO4S/c1-4-20-16(19)21-15-9-22-10-17(15)14(18)8-13-11(2)6-5-7-12(13)3/h5-7,15H,4,8-10H2,1-3H3. The van der Waals surface area contributed by atoms with Crippen LogP contribution >= 0.6 is 11.8 Å². The highest BCUT2D eigenvalue weighted by molar-refractivity contribution is 7.99. The van der Waals surface area contributed by atoms with Gasteiger partial charge in [-0.15, -0.1) is 11.8 Å². The van der Waals surface area contributed by atoms with E-state index in [2.05, 4.69) is 0 Å². The minimum absolute atomic E-state index is 0.0308. The van der Waals surface area contributed by atoms with Crippen LogP contribution in [-0.4, -0.2) is 41.4 Å². The summed E-state index contributed by atoms with van der Waals surface area (Å²) in [6, 6.07) is 5.99. The van der Waals surface area contributed by atoms with Gasteiger partial charge in [-0.3, -0.25) is 9.69 Å². The molecule has 0 spiro atoms. The molecule has 120 valence electrons. The van der Waals surface area contributed by atoms with Crippen LogP contribution in [0.1, 0.15) is 23.6 Å². The van der Waals surface area contributed by atoms with Crippen molar-refractivity contribution < 1.29 is 19.1 Å². The third kappa shape index (κ3) is 3.94. The average molecular weight is 323 g/mol. The minimum Gasteiger partial charge on any atom is -0.435 e. The maximum atomic E-state index is 12.5. The van der Waals surface area contributed by atoms with E-state index in [1.807, 2.05) is 32.0 Å². The molecule has 0 saturated carbocycles. The molecule has 1 atom stereocenters. The van der Waals surface area contributed by atoms with Crippen LogP contribution in [0.3, 0.4) is 0 Å². The molecule has 1 amide bonds. The summed E-state index contributed by atoms with van der Waals surface area (Å²) in [7, 11) is 0. The summed E-state index contributed by atoms with van der Waals surface area (Å²) in [5.74, 6) is 1.09. The van der Waals surface area contributed by atoms with Gasteiger partial charge in [-0.25, -0.2) is 4.79 Å². The van der Waals surface area contributed by atoms with E-state index < -0.39 is 12.4 Å². The molecule has 1 fully saturated rings. The summed E-state index contributed by atoms with van der Waals surface area (Å²) in [6.07, 6.45) is -0.942. The Balaban J connectivity index is 2.03. The zero-order valence-electron chi connectivity index (χ0n) is 13.1. The Morgan fingerprint density at radius 2 is 2.00 bits per heavy atom. The van der Waals surface area contributed by atoms with E-state index in [0.717, 1.165) is 16.7 Å². The van der Waals surface area contributed by atoms with Gasteiger partial charge in [-0.1, -0.05) is 18.2 Å². The number of carbonyl (C=O) groups excluding carboxylic acids is 2. The van der Waals surface area contributed by atoms with Crippen LogP contribution in [0.4, 0.5) is 4.79 Å². The monoisotopic (exact) mass is 323 g/mol. The van der Waals surface area contributed by atoms with Crippen LogP contribution < -0.4 is 0 Å². The van der Waals surface area contributed by atoms with Gasteiger partial charge in [0.15, 0.2) is 6.23 Å². The van der Waals surface area contributed by atoms with Gasteiger partial charge in [0.1, 0.15) is 0 Å². The number of nitrogens with zero attached hydrogens (tertiary/aromatic N) is 1. The summed E-state index contributed by atoms with van der Waals surface area (Å²) < 4.78 is 9.99. The van der Waals surface area contributed by atoms with Crippen molar-refractivity contribution in [2.75, 3.05) is 18.2 Å². The third-order valence-corrected chi connectivity index (χ3v) is 4.61. The number of thioether (sulfide) groups is 1. The molecular weight excluding hydrogens is 302 g/mol. The van der Waals surface area contributed by atoms with Crippen molar-refractivity contribution in [3.05, 3.63) is 34.9 Å². The minimum atomic E-state index is -0.722. The van der Waals surface area contributed by atoms with Gasteiger partial charge in [0.25, 0.3) is 0 Å². The lowest BCUT2D eigenvalue weighted by Gasteiger charge is -2.23. The van der Waals surface area contributed by atoms with Gasteiger partial charge in [0, 0.05) is 0 Å². The zero-order chi connectivity index (χ0) is 16.1. The van der Waals surface area contributed by atoms with Crippen molar-refractivity contribution in [2.45, 2.75) is 33.4 Å². The first-order valence-electron chi connectivity index (χ1n) is 7.28. The average Bonchev–Trinajstić information content (AvgIpc) is 2.91. The highest BCUT2D eigenvalue weighted by Crippen LogP contribution is 2.24. The Morgan fingerprint density at radius 3 is 2.64 bits per heavy atom. The molecule has 0 N–H and O–H groups in total. The normalized spacial score (nSPS) is 17.4. The van der Waals surface area contributed by atoms with Crippen molar-refractivity contribution in [2.24, 2.45) is 0 Å². The quantitative estimate of drug-likeness (QED) is 0.798. The number of rotatable bonds is 4. The van der Waals surface area contributed by atoms with Crippen molar-refractivity contribution in [1.82, 2.24) is 4.90 Å². The van der Waals surface area contributed by atoms with Crippen molar-refractivity contribution in [1.29, 1.82) is 0 Å². The number of hydrogen-bond acceptors (Lipinski definition) is 5. The molecule has 0 aromatic heterocycles. The Morgan fingerprint density at radius 1 is 1.32 bits per heavy atom. The molecule has 5 nitrogen and oxygen atoms in total. The second kappa shape index (κ2) is 7.54. The van der Waals surface area contributed by atoms with Crippen LogP contribution in [0.5, 0.6) is 0 Å². The molecule has 1 saturated heterocycles. The number of ether oxygens (including phenoxy) is 2. The van der Waals surface area contributed by atoms with Crippen molar-refractivity contribution in [3.8, 4) is 0 Å². The number of carbonyl (C=O) groups is 2. The van der Waals surface area contributed by atoms with Crippen LogP contribution in [-0.2, 0) is 20.7 Å². The molecule has 1 aliphatic rings. The zero-order valence-corrected chi connectivity index (χ0v) is 13.9. The molecule has 6 heteroatoms. The molecule has 0 bridgehead atoms. The van der Waals surface area contributed by atoms with E-state index in [4.69, 9.17) is 9.47 Å². The SMILES string of the molecule is CCOC(=O)OC1CSCN1C(=O)Cc1c(C)cccc1C. The van der Waals surface area contributed by atoms with Gasteiger partial charge in [-0.05, 0) is 37.5 Å². The summed E-state index contributed by atoms with van der Waals surface area (Å²) >= 11 is 1.57. The van der Waals surface area contributed by atoms with E-state index >= 15 is 0 Å². The molecule has 0 aliphatic carbocycles. The molecular formula is C16H21NO4S. The number of hydrogen-bond donors (Lipinski definition) is 0. The first-order valence-corrected chi connectivity index (χ1v) is 8.44. The summed E-state index contributed by atoms with van der Waals surface area (Å²) in [4.78, 5) is 25.6. The van der Waals surface area contributed by atoms with Gasteiger partial charge in [-0.2, -0.15) is 0 Å². The molecule has 1 aromatic carbocycles. The fraction of sp³-hybridized carbons (Fsp3) is 0.500. The van der Waals surface area contributed by atoms with Gasteiger partial charge in [0.05, 0.1) is 24.7 Å². The molecule has 1 aliphatic heterocycles. The Kier molecular flexibility index (Phi) is 5.71. The predicted octanol–water partition coefficient (Wildman–Crippen LogP) is 2.88. The lowest BCUT2D eigenvalue weighted by atomic mass is 9.99. The van der Waals surface area contributed by atoms with Crippen LogP contribution in [0, 0.1) is 13.8 Å². The summed E-state index contributed by atoms with van der Waals surface area (Å²) in [5.41, 5.74) is 3.24. The van der Waals surface area contributed by atoms with Crippen molar-refractivity contribution >= 4 is 23.8 Å². The largest absolute Gasteiger partial charge is 0.510 e. The summed E-state index contributed by atoms with van der Waals surface area (Å²) in [6.45, 7) is 5.98. The van der Waals surface area contributed by atoms with E-state index in [0.29, 0.717) is 18.1 Å². The lowest BCUT2D eigenvalue weighted by Crippen LogP contribution is -2.40. The molecule has 1 aromatic rings. The maximum absolute atomic E-state index is 12.5.